The second-order valence-electron chi connectivity index (χ2n) is 9.85. The second kappa shape index (κ2) is 5.25. The summed E-state index contributed by atoms with van der Waals surface area (Å²) in [5.41, 5.74) is 1.37. The van der Waals surface area contributed by atoms with E-state index in [-0.39, 0.29) is 11.0 Å². The predicted molar refractivity (Wildman–Crippen MR) is 99.0 cm³/mol. The van der Waals surface area contributed by atoms with Crippen LogP contribution in [0.1, 0.15) is 64.7 Å². The summed E-state index contributed by atoms with van der Waals surface area (Å²) in [5.74, 6) is 5.52. The number of halogens is 1. The topological polar surface area (TPSA) is 40.5 Å². The molecule has 0 amide bonds. The molecule has 5 aliphatic carbocycles. The van der Waals surface area contributed by atoms with Crippen molar-refractivity contribution in [3.8, 4) is 0 Å². The molecule has 0 aromatic heterocycles. The van der Waals surface area contributed by atoms with Gasteiger partial charge in [-0.25, -0.2) is 0 Å². The Morgan fingerprint density at radius 1 is 1.00 bits per heavy atom. The third-order valence-corrected chi connectivity index (χ3v) is 9.75. The van der Waals surface area contributed by atoms with Crippen molar-refractivity contribution in [2.45, 2.75) is 70.3 Å². The maximum atomic E-state index is 10.6. The fraction of sp³-hybridized carbons (Fsp3) is 0.905. The fourth-order valence-electron chi connectivity index (χ4n) is 8.05. The van der Waals surface area contributed by atoms with Gasteiger partial charge in [0.2, 0.25) is 0 Å². The van der Waals surface area contributed by atoms with Gasteiger partial charge < -0.3 is 10.2 Å². The molecule has 2 nitrogen and oxygen atoms in total. The van der Waals surface area contributed by atoms with Gasteiger partial charge in [-0.1, -0.05) is 22.9 Å². The van der Waals surface area contributed by atoms with Crippen molar-refractivity contribution in [3.05, 3.63) is 11.3 Å². The number of hydrogen-bond acceptors (Lipinski definition) is 2. The molecule has 0 aliphatic heterocycles. The first-order valence-electron chi connectivity index (χ1n) is 10.2. The van der Waals surface area contributed by atoms with E-state index in [9.17, 15) is 10.2 Å². The van der Waals surface area contributed by atoms with Crippen molar-refractivity contribution >= 4 is 15.9 Å². The highest BCUT2D eigenvalue weighted by molar-refractivity contribution is 9.09. The SMILES string of the molecule is C[C@]12CC[C@@H]3[C@H]4CC[C@]5(O)CC5[C@@H]4CC[C@H]3[C@@H]1CC/C2=C(\O)CBr. The Kier molecular flexibility index (Phi) is 3.54. The van der Waals surface area contributed by atoms with E-state index < -0.39 is 0 Å². The van der Waals surface area contributed by atoms with E-state index in [1.807, 2.05) is 0 Å². The molecule has 134 valence electrons. The van der Waals surface area contributed by atoms with Crippen LogP contribution in [0.25, 0.3) is 0 Å². The Hall–Kier alpha value is -0.0200. The minimum atomic E-state index is -0.248. The lowest BCUT2D eigenvalue weighted by molar-refractivity contribution is -0.0645. The Balaban J connectivity index is 1.42. The predicted octanol–water partition coefficient (Wildman–Crippen LogP) is 5.21. The first kappa shape index (κ1) is 16.2. The first-order chi connectivity index (χ1) is 11.5. The van der Waals surface area contributed by atoms with E-state index in [1.54, 1.807) is 0 Å². The standard InChI is InChI=1S/C21H31BrO2/c1-20-8-6-12-13-7-9-21(24)10-18(21)15(13)3-2-14(12)16(20)4-5-17(20)19(23)11-22/h12-16,18,23-24H,2-11H2,1H3/b19-17+/t12-,13-,14-,15-,16+,18?,20+,21+/m1/s1. The largest absolute Gasteiger partial charge is 0.511 e. The molecule has 0 radical (unpaired) electrons. The van der Waals surface area contributed by atoms with Crippen molar-refractivity contribution in [1.82, 2.24) is 0 Å². The van der Waals surface area contributed by atoms with Gasteiger partial charge in [-0.3, -0.25) is 0 Å². The van der Waals surface area contributed by atoms with Crippen LogP contribution < -0.4 is 0 Å². The van der Waals surface area contributed by atoms with Crippen LogP contribution in [0.15, 0.2) is 11.3 Å². The molecule has 24 heavy (non-hydrogen) atoms. The van der Waals surface area contributed by atoms with Gasteiger partial charge >= 0.3 is 0 Å². The zero-order valence-electron chi connectivity index (χ0n) is 14.8. The van der Waals surface area contributed by atoms with Gasteiger partial charge in [-0.2, -0.15) is 0 Å². The van der Waals surface area contributed by atoms with Crippen LogP contribution in [0.3, 0.4) is 0 Å². The zero-order valence-corrected chi connectivity index (χ0v) is 16.4. The van der Waals surface area contributed by atoms with E-state index in [1.165, 1.54) is 44.1 Å². The molecule has 2 N–H and O–H groups in total. The van der Waals surface area contributed by atoms with Crippen LogP contribution in [0, 0.1) is 40.9 Å². The maximum absolute atomic E-state index is 10.6. The number of alkyl halides is 1. The number of hydrogen-bond donors (Lipinski definition) is 2. The van der Waals surface area contributed by atoms with Crippen molar-refractivity contribution < 1.29 is 10.2 Å². The lowest BCUT2D eigenvalue weighted by Crippen LogP contribution is -2.48. The van der Waals surface area contributed by atoms with Crippen LogP contribution in [0.4, 0.5) is 0 Å². The molecule has 0 heterocycles. The van der Waals surface area contributed by atoms with Crippen molar-refractivity contribution in [3.63, 3.8) is 0 Å². The smallest absolute Gasteiger partial charge is 0.103 e. The van der Waals surface area contributed by atoms with Gasteiger partial charge in [0.25, 0.3) is 0 Å². The molecule has 5 saturated carbocycles. The summed E-state index contributed by atoms with van der Waals surface area (Å²) in [4.78, 5) is 0. The van der Waals surface area contributed by atoms with E-state index in [2.05, 4.69) is 22.9 Å². The second-order valence-corrected chi connectivity index (χ2v) is 10.4. The van der Waals surface area contributed by atoms with Crippen LogP contribution >= 0.6 is 15.9 Å². The Labute approximate surface area is 154 Å². The van der Waals surface area contributed by atoms with E-state index >= 15 is 0 Å². The summed E-state index contributed by atoms with van der Waals surface area (Å²) >= 11 is 3.46. The van der Waals surface area contributed by atoms with Crippen LogP contribution in [0.2, 0.25) is 0 Å². The highest BCUT2D eigenvalue weighted by Gasteiger charge is 2.64. The molecular formula is C21H31BrO2. The number of fused-ring (bicyclic) bond motifs is 7. The molecule has 1 unspecified atom stereocenters. The average molecular weight is 395 g/mol. The van der Waals surface area contributed by atoms with Gasteiger partial charge in [0, 0.05) is 0 Å². The van der Waals surface area contributed by atoms with Gasteiger partial charge in [0.15, 0.2) is 0 Å². The fourth-order valence-corrected chi connectivity index (χ4v) is 8.39. The molecule has 5 fully saturated rings. The zero-order chi connectivity index (χ0) is 16.7. The minimum absolute atomic E-state index is 0.248. The average Bonchev–Trinajstić information content (AvgIpc) is 3.15. The maximum Gasteiger partial charge on any atom is 0.103 e. The monoisotopic (exact) mass is 394 g/mol. The summed E-state index contributed by atoms with van der Waals surface area (Å²) in [7, 11) is 0. The Morgan fingerprint density at radius 3 is 2.38 bits per heavy atom. The Bertz CT molecular complexity index is 586. The normalized spacial score (nSPS) is 57.5. The van der Waals surface area contributed by atoms with Crippen LogP contribution in [-0.2, 0) is 0 Å². The number of allylic oxidation sites excluding steroid dienone is 2. The van der Waals surface area contributed by atoms with Crippen molar-refractivity contribution in [2.75, 3.05) is 5.33 Å². The van der Waals surface area contributed by atoms with Crippen LogP contribution in [-0.4, -0.2) is 21.1 Å². The van der Waals surface area contributed by atoms with Crippen molar-refractivity contribution in [1.29, 1.82) is 0 Å². The number of aliphatic hydroxyl groups excluding tert-OH is 1. The summed E-state index contributed by atoms with van der Waals surface area (Å²) < 4.78 is 0. The molecular weight excluding hydrogens is 364 g/mol. The number of aliphatic hydroxyl groups is 2. The molecule has 5 aliphatic rings. The highest BCUT2D eigenvalue weighted by Crippen LogP contribution is 2.68. The first-order valence-corrected chi connectivity index (χ1v) is 11.3. The van der Waals surface area contributed by atoms with Gasteiger partial charge in [-0.05, 0) is 104 Å². The quantitative estimate of drug-likeness (QED) is 0.473. The third-order valence-electron chi connectivity index (χ3n) is 9.22. The Morgan fingerprint density at radius 2 is 1.67 bits per heavy atom. The molecule has 0 aromatic carbocycles. The van der Waals surface area contributed by atoms with Gasteiger partial charge in [-0.15, -0.1) is 0 Å². The molecule has 5 rings (SSSR count). The molecule has 0 bridgehead atoms. The molecule has 0 aromatic rings. The summed E-state index contributed by atoms with van der Waals surface area (Å²) in [6.45, 7) is 2.45. The highest BCUT2D eigenvalue weighted by atomic mass is 79.9. The van der Waals surface area contributed by atoms with Crippen LogP contribution in [0.5, 0.6) is 0 Å². The lowest BCUT2D eigenvalue weighted by Gasteiger charge is -2.55. The lowest BCUT2D eigenvalue weighted by atomic mass is 9.50. The van der Waals surface area contributed by atoms with E-state index in [0.29, 0.717) is 17.0 Å². The molecule has 8 atom stereocenters. The van der Waals surface area contributed by atoms with Gasteiger partial charge in [0.1, 0.15) is 5.76 Å². The molecule has 0 saturated heterocycles. The van der Waals surface area contributed by atoms with Crippen molar-refractivity contribution in [2.24, 2.45) is 40.9 Å². The van der Waals surface area contributed by atoms with Gasteiger partial charge in [0.05, 0.1) is 10.9 Å². The summed E-state index contributed by atoms with van der Waals surface area (Å²) in [6, 6.07) is 0. The summed E-state index contributed by atoms with van der Waals surface area (Å²) in [6.07, 6.45) is 11.2. The number of rotatable bonds is 1. The molecule has 0 spiro atoms. The minimum Gasteiger partial charge on any atom is -0.511 e. The molecule has 3 heteroatoms. The van der Waals surface area contributed by atoms with E-state index in [4.69, 9.17) is 0 Å². The third kappa shape index (κ3) is 2.03. The summed E-state index contributed by atoms with van der Waals surface area (Å²) in [5, 5.41) is 21.6. The van der Waals surface area contributed by atoms with E-state index in [0.717, 1.165) is 48.9 Å².